The normalized spacial score (nSPS) is 27.2. The smallest absolute Gasteiger partial charge is 0.322 e. The Hall–Kier alpha value is -1.63. The molecule has 3 heterocycles. The summed E-state index contributed by atoms with van der Waals surface area (Å²) in [5.74, 6) is 0.698. The minimum absolute atomic E-state index is 0.186. The summed E-state index contributed by atoms with van der Waals surface area (Å²) >= 11 is 0. The van der Waals surface area contributed by atoms with Crippen molar-refractivity contribution in [2.75, 3.05) is 31.2 Å². The maximum Gasteiger partial charge on any atom is 0.322 e. The Kier molecular flexibility index (Phi) is 2.91. The van der Waals surface area contributed by atoms with Crippen LogP contribution in [0.3, 0.4) is 0 Å². The standard InChI is InChI=1S/C11H18N6O/c1-18-11-15-9(12)14-10(16-11)13-7-4-6-17-5-2-3-8(7)17/h7-8H,2-6H2,1H3,(H3,12,13,14,15,16). The molecular formula is C11H18N6O. The van der Waals surface area contributed by atoms with Crippen LogP contribution in [0.25, 0.3) is 0 Å². The van der Waals surface area contributed by atoms with Crippen molar-refractivity contribution < 1.29 is 4.74 Å². The zero-order valence-corrected chi connectivity index (χ0v) is 10.5. The highest BCUT2D eigenvalue weighted by Gasteiger charge is 2.37. The number of rotatable bonds is 3. The topological polar surface area (TPSA) is 89.2 Å². The third-order valence-electron chi connectivity index (χ3n) is 3.74. The van der Waals surface area contributed by atoms with Crippen molar-refractivity contribution in [1.29, 1.82) is 0 Å². The lowest BCUT2D eigenvalue weighted by Gasteiger charge is -2.21. The minimum atomic E-state index is 0.186. The van der Waals surface area contributed by atoms with Gasteiger partial charge in [0.2, 0.25) is 11.9 Å². The minimum Gasteiger partial charge on any atom is -0.467 e. The number of nitrogens with two attached hydrogens (primary N) is 1. The molecule has 0 saturated carbocycles. The predicted octanol–water partition coefficient (Wildman–Crippen LogP) is 0.111. The van der Waals surface area contributed by atoms with Crippen LogP contribution in [0.5, 0.6) is 6.01 Å². The molecule has 3 rings (SSSR count). The SMILES string of the molecule is COc1nc(N)nc(NC2CCN3CCCC23)n1. The van der Waals surface area contributed by atoms with Gasteiger partial charge in [-0.1, -0.05) is 0 Å². The molecule has 2 aliphatic heterocycles. The molecule has 0 aromatic carbocycles. The van der Waals surface area contributed by atoms with Crippen LogP contribution in [0.2, 0.25) is 0 Å². The fraction of sp³-hybridized carbons (Fsp3) is 0.727. The lowest BCUT2D eigenvalue weighted by molar-refractivity contribution is 0.318. The fourth-order valence-corrected chi connectivity index (χ4v) is 2.94. The van der Waals surface area contributed by atoms with Crippen LogP contribution >= 0.6 is 0 Å². The molecule has 2 aliphatic rings. The molecular weight excluding hydrogens is 232 g/mol. The lowest BCUT2D eigenvalue weighted by atomic mass is 10.1. The van der Waals surface area contributed by atoms with Crippen LogP contribution in [0, 0.1) is 0 Å². The van der Waals surface area contributed by atoms with Gasteiger partial charge in [0.25, 0.3) is 0 Å². The van der Waals surface area contributed by atoms with E-state index < -0.39 is 0 Å². The van der Waals surface area contributed by atoms with E-state index in [2.05, 4.69) is 25.2 Å². The second-order valence-corrected chi connectivity index (χ2v) is 4.79. The monoisotopic (exact) mass is 250 g/mol. The van der Waals surface area contributed by atoms with E-state index in [0.29, 0.717) is 18.0 Å². The summed E-state index contributed by atoms with van der Waals surface area (Å²) < 4.78 is 4.99. The number of fused-ring (bicyclic) bond motifs is 1. The first-order valence-electron chi connectivity index (χ1n) is 6.32. The van der Waals surface area contributed by atoms with Gasteiger partial charge >= 0.3 is 6.01 Å². The molecule has 0 amide bonds. The molecule has 1 aromatic heterocycles. The Morgan fingerprint density at radius 2 is 2.17 bits per heavy atom. The first kappa shape index (κ1) is 11.5. The number of nitrogens with zero attached hydrogens (tertiary/aromatic N) is 4. The highest BCUT2D eigenvalue weighted by atomic mass is 16.5. The molecule has 1 aromatic rings. The molecule has 98 valence electrons. The molecule has 2 fully saturated rings. The lowest BCUT2D eigenvalue weighted by Crippen LogP contribution is -2.34. The fourth-order valence-electron chi connectivity index (χ4n) is 2.94. The van der Waals surface area contributed by atoms with Crippen molar-refractivity contribution in [1.82, 2.24) is 19.9 Å². The number of nitrogens with one attached hydrogen (secondary N) is 1. The van der Waals surface area contributed by atoms with Crippen LogP contribution in [-0.2, 0) is 0 Å². The molecule has 0 spiro atoms. The van der Waals surface area contributed by atoms with Crippen LogP contribution < -0.4 is 15.8 Å². The van der Waals surface area contributed by atoms with E-state index in [0.717, 1.165) is 13.0 Å². The van der Waals surface area contributed by atoms with E-state index in [4.69, 9.17) is 10.5 Å². The summed E-state index contributed by atoms with van der Waals surface area (Å²) in [4.78, 5) is 14.7. The molecule has 2 atom stereocenters. The maximum absolute atomic E-state index is 5.62. The van der Waals surface area contributed by atoms with Crippen molar-refractivity contribution in [2.45, 2.75) is 31.3 Å². The maximum atomic E-state index is 5.62. The first-order chi connectivity index (χ1) is 8.76. The third-order valence-corrected chi connectivity index (χ3v) is 3.74. The Labute approximate surface area is 106 Å². The summed E-state index contributed by atoms with van der Waals surface area (Å²) in [5.41, 5.74) is 5.62. The van der Waals surface area contributed by atoms with Gasteiger partial charge in [-0.3, -0.25) is 4.90 Å². The predicted molar refractivity (Wildman–Crippen MR) is 67.4 cm³/mol. The first-order valence-corrected chi connectivity index (χ1v) is 6.32. The van der Waals surface area contributed by atoms with Crippen molar-refractivity contribution in [3.05, 3.63) is 0 Å². The highest BCUT2D eigenvalue weighted by molar-refractivity contribution is 5.34. The molecule has 2 unspecified atom stereocenters. The molecule has 3 N–H and O–H groups in total. The highest BCUT2D eigenvalue weighted by Crippen LogP contribution is 2.29. The van der Waals surface area contributed by atoms with Crippen molar-refractivity contribution in [3.63, 3.8) is 0 Å². The van der Waals surface area contributed by atoms with E-state index in [1.165, 1.54) is 26.5 Å². The summed E-state index contributed by atoms with van der Waals surface area (Å²) in [6, 6.07) is 1.26. The van der Waals surface area contributed by atoms with Gasteiger partial charge in [-0.05, 0) is 25.8 Å². The van der Waals surface area contributed by atoms with Crippen LogP contribution in [-0.4, -0.2) is 52.1 Å². The zero-order valence-electron chi connectivity index (χ0n) is 10.5. The molecule has 0 aliphatic carbocycles. The number of hydrogen-bond donors (Lipinski definition) is 2. The van der Waals surface area contributed by atoms with Gasteiger partial charge in [0, 0.05) is 18.6 Å². The second-order valence-electron chi connectivity index (χ2n) is 4.79. The van der Waals surface area contributed by atoms with E-state index >= 15 is 0 Å². The van der Waals surface area contributed by atoms with E-state index in [1.807, 2.05) is 0 Å². The average Bonchev–Trinajstić information content (AvgIpc) is 2.93. The van der Waals surface area contributed by atoms with Gasteiger partial charge in [-0.25, -0.2) is 0 Å². The van der Waals surface area contributed by atoms with E-state index in [-0.39, 0.29) is 12.0 Å². The van der Waals surface area contributed by atoms with Gasteiger partial charge in [0.15, 0.2) is 0 Å². The van der Waals surface area contributed by atoms with Gasteiger partial charge in [0.1, 0.15) is 0 Å². The summed E-state index contributed by atoms with van der Waals surface area (Å²) in [7, 11) is 1.52. The Morgan fingerprint density at radius 1 is 1.28 bits per heavy atom. The number of ether oxygens (including phenoxy) is 1. The van der Waals surface area contributed by atoms with Gasteiger partial charge in [0.05, 0.1) is 7.11 Å². The van der Waals surface area contributed by atoms with Crippen molar-refractivity contribution >= 4 is 11.9 Å². The number of anilines is 2. The summed E-state index contributed by atoms with van der Waals surface area (Å²) in [6.07, 6.45) is 3.65. The van der Waals surface area contributed by atoms with Crippen molar-refractivity contribution in [2.24, 2.45) is 0 Å². The number of aromatic nitrogens is 3. The zero-order chi connectivity index (χ0) is 12.5. The van der Waals surface area contributed by atoms with E-state index in [1.54, 1.807) is 0 Å². The van der Waals surface area contributed by atoms with Crippen LogP contribution in [0.15, 0.2) is 0 Å². The van der Waals surface area contributed by atoms with E-state index in [9.17, 15) is 0 Å². The second kappa shape index (κ2) is 4.56. The molecule has 0 radical (unpaired) electrons. The molecule has 18 heavy (non-hydrogen) atoms. The Bertz CT molecular complexity index is 440. The van der Waals surface area contributed by atoms with Gasteiger partial charge in [-0.2, -0.15) is 15.0 Å². The number of nitrogen functional groups attached to an aromatic ring is 1. The third kappa shape index (κ3) is 2.05. The molecule has 7 nitrogen and oxygen atoms in total. The Balaban J connectivity index is 1.74. The van der Waals surface area contributed by atoms with Crippen molar-refractivity contribution in [3.8, 4) is 6.01 Å². The molecule has 2 saturated heterocycles. The number of hydrogen-bond acceptors (Lipinski definition) is 7. The molecule has 0 bridgehead atoms. The van der Waals surface area contributed by atoms with Gasteiger partial charge in [-0.15, -0.1) is 0 Å². The average molecular weight is 250 g/mol. The van der Waals surface area contributed by atoms with Crippen LogP contribution in [0.1, 0.15) is 19.3 Å². The summed E-state index contributed by atoms with van der Waals surface area (Å²) in [5, 5.41) is 3.36. The summed E-state index contributed by atoms with van der Waals surface area (Å²) in [6.45, 7) is 2.37. The van der Waals surface area contributed by atoms with Gasteiger partial charge < -0.3 is 15.8 Å². The number of methoxy groups -OCH3 is 1. The largest absolute Gasteiger partial charge is 0.467 e. The quantitative estimate of drug-likeness (QED) is 0.787. The molecule has 7 heteroatoms. The Morgan fingerprint density at radius 3 is 3.00 bits per heavy atom. The van der Waals surface area contributed by atoms with Crippen LogP contribution in [0.4, 0.5) is 11.9 Å².